The van der Waals surface area contributed by atoms with Crippen molar-refractivity contribution < 1.29 is 22.7 Å². The Morgan fingerprint density at radius 2 is 1.76 bits per heavy atom. The van der Waals surface area contributed by atoms with Crippen LogP contribution in [0.25, 0.3) is 10.2 Å². The Labute approximate surface area is 248 Å². The molecule has 9 nitrogen and oxygen atoms in total. The summed E-state index contributed by atoms with van der Waals surface area (Å²) in [7, 11) is -0.677. The van der Waals surface area contributed by atoms with Crippen LogP contribution in [0.1, 0.15) is 27.9 Å². The number of aryl methyl sites for hydroxylation is 1. The van der Waals surface area contributed by atoms with Crippen molar-refractivity contribution in [3.8, 4) is 11.5 Å². The third-order valence-corrected chi connectivity index (χ3v) is 10.0. The maximum absolute atomic E-state index is 14.0. The zero-order chi connectivity index (χ0) is 29.3. The largest absolute Gasteiger partial charge is 0.493 e. The molecule has 3 aromatic carbocycles. The summed E-state index contributed by atoms with van der Waals surface area (Å²) < 4.78 is 40.4. The van der Waals surface area contributed by atoms with Gasteiger partial charge in [0.05, 0.1) is 41.6 Å². The van der Waals surface area contributed by atoms with Crippen molar-refractivity contribution >= 4 is 48.3 Å². The van der Waals surface area contributed by atoms with Crippen LogP contribution >= 0.6 is 11.3 Å². The molecule has 2 aromatic heterocycles. The van der Waals surface area contributed by atoms with E-state index in [-0.39, 0.29) is 17.3 Å². The molecule has 0 fully saturated rings. The first-order chi connectivity index (χ1) is 20.4. The Morgan fingerprint density at radius 1 is 1.00 bits per heavy atom. The van der Waals surface area contributed by atoms with Crippen molar-refractivity contribution in [1.82, 2.24) is 9.97 Å². The molecular formula is C31H28N4O5S2. The molecule has 6 rings (SSSR count). The van der Waals surface area contributed by atoms with Crippen LogP contribution in [0.4, 0.5) is 10.8 Å². The minimum absolute atomic E-state index is 0.133. The second-order valence-corrected chi connectivity index (χ2v) is 12.6. The summed E-state index contributed by atoms with van der Waals surface area (Å²) in [5.74, 6) is 0.794. The number of anilines is 2. The maximum atomic E-state index is 14.0. The second-order valence-electron chi connectivity index (χ2n) is 9.76. The predicted octanol–water partition coefficient (Wildman–Crippen LogP) is 5.70. The number of aromatic nitrogens is 2. The summed E-state index contributed by atoms with van der Waals surface area (Å²) in [5, 5.41) is 0.482. The zero-order valence-electron chi connectivity index (χ0n) is 23.1. The molecule has 1 amide bonds. The van der Waals surface area contributed by atoms with Gasteiger partial charge in [0.2, 0.25) is 0 Å². The fraction of sp³-hybridized carbons (Fsp3) is 0.194. The van der Waals surface area contributed by atoms with Gasteiger partial charge in [-0.05, 0) is 60.4 Å². The molecule has 0 saturated carbocycles. The van der Waals surface area contributed by atoms with Gasteiger partial charge in [-0.2, -0.15) is 0 Å². The summed E-state index contributed by atoms with van der Waals surface area (Å²) in [6.45, 7) is 0.636. The van der Waals surface area contributed by atoms with Crippen molar-refractivity contribution in [2.75, 3.05) is 30.0 Å². The Bertz CT molecular complexity index is 1820. The molecule has 0 aliphatic carbocycles. The minimum Gasteiger partial charge on any atom is -0.493 e. The molecule has 214 valence electrons. The Balaban J connectivity index is 1.34. The van der Waals surface area contributed by atoms with Crippen molar-refractivity contribution in [1.29, 1.82) is 0 Å². The molecular weight excluding hydrogens is 572 g/mol. The Morgan fingerprint density at radius 3 is 2.50 bits per heavy atom. The number of nitrogens with zero attached hydrogens (tertiary/aromatic N) is 4. The standard InChI is InChI=1S/C31H28N4O5S2/c1-39-27-17-25-29(18-28(27)40-2)41-31(33-25)34(20-21-7-5-15-32-19-21)30(36)23-11-13-24(14-12-23)42(37,38)35-16-6-9-22-8-3-4-10-26(22)35/h3-5,7-8,10-15,17-19H,6,9,16,20H2,1-2H3. The third-order valence-electron chi connectivity index (χ3n) is 7.18. The average molecular weight is 601 g/mol. The number of pyridine rings is 1. The number of rotatable bonds is 8. The van der Waals surface area contributed by atoms with Crippen LogP contribution in [-0.4, -0.2) is 45.1 Å². The fourth-order valence-electron chi connectivity index (χ4n) is 5.06. The van der Waals surface area contributed by atoms with Gasteiger partial charge in [0.25, 0.3) is 15.9 Å². The molecule has 1 aliphatic rings. The SMILES string of the molecule is COc1cc2nc(N(Cc3cccnc3)C(=O)c3ccc(S(=O)(=O)N4CCCc5ccccc54)cc3)sc2cc1OC. The predicted molar refractivity (Wildman–Crippen MR) is 163 cm³/mol. The van der Waals surface area contributed by atoms with Gasteiger partial charge in [0, 0.05) is 36.6 Å². The summed E-state index contributed by atoms with van der Waals surface area (Å²) in [4.78, 5) is 24.6. The van der Waals surface area contributed by atoms with Gasteiger partial charge in [0.1, 0.15) is 0 Å². The molecule has 11 heteroatoms. The van der Waals surface area contributed by atoms with E-state index in [1.807, 2.05) is 42.5 Å². The maximum Gasteiger partial charge on any atom is 0.264 e. The highest BCUT2D eigenvalue weighted by Gasteiger charge is 2.30. The highest BCUT2D eigenvalue weighted by molar-refractivity contribution is 7.92. The molecule has 0 unspecified atom stereocenters. The minimum atomic E-state index is -3.80. The lowest BCUT2D eigenvalue weighted by Crippen LogP contribution is -2.35. The van der Waals surface area contributed by atoms with Crippen molar-refractivity contribution in [3.05, 3.63) is 102 Å². The second kappa shape index (κ2) is 11.4. The first-order valence-electron chi connectivity index (χ1n) is 13.3. The number of para-hydroxylation sites is 1. The van der Waals surface area contributed by atoms with Crippen LogP contribution < -0.4 is 18.7 Å². The molecule has 42 heavy (non-hydrogen) atoms. The average Bonchev–Trinajstić information content (AvgIpc) is 3.45. The highest BCUT2D eigenvalue weighted by atomic mass is 32.2. The molecule has 0 saturated heterocycles. The summed E-state index contributed by atoms with van der Waals surface area (Å²) >= 11 is 1.35. The first-order valence-corrected chi connectivity index (χ1v) is 15.6. The number of fused-ring (bicyclic) bond motifs is 2. The number of sulfonamides is 1. The van der Waals surface area contributed by atoms with Gasteiger partial charge in [-0.3, -0.25) is 19.0 Å². The Hall–Kier alpha value is -4.48. The van der Waals surface area contributed by atoms with Crippen LogP contribution in [0.5, 0.6) is 11.5 Å². The summed E-state index contributed by atoms with van der Waals surface area (Å²) in [5.41, 5.74) is 3.54. The number of hydrogen-bond donors (Lipinski definition) is 0. The highest BCUT2D eigenvalue weighted by Crippen LogP contribution is 2.38. The lowest BCUT2D eigenvalue weighted by molar-refractivity contribution is 0.0985. The Kier molecular flexibility index (Phi) is 7.53. The van der Waals surface area contributed by atoms with E-state index in [4.69, 9.17) is 14.5 Å². The number of hydrogen-bond acceptors (Lipinski definition) is 8. The number of carbonyl (C=O) groups is 1. The van der Waals surface area contributed by atoms with E-state index >= 15 is 0 Å². The smallest absolute Gasteiger partial charge is 0.264 e. The van der Waals surface area contributed by atoms with Crippen LogP contribution in [-0.2, 0) is 23.0 Å². The quantitative estimate of drug-likeness (QED) is 0.225. The number of benzene rings is 3. The van der Waals surface area contributed by atoms with Crippen molar-refractivity contribution in [3.63, 3.8) is 0 Å². The molecule has 5 aromatic rings. The number of ether oxygens (including phenoxy) is 2. The molecule has 1 aliphatic heterocycles. The topological polar surface area (TPSA) is 102 Å². The fourth-order valence-corrected chi connectivity index (χ4v) is 7.57. The number of thiazole rings is 1. The van der Waals surface area contributed by atoms with Gasteiger partial charge in [-0.15, -0.1) is 0 Å². The number of carbonyl (C=O) groups excluding carboxylic acids is 1. The van der Waals surface area contributed by atoms with Gasteiger partial charge in [-0.1, -0.05) is 35.6 Å². The monoisotopic (exact) mass is 600 g/mol. The van der Waals surface area contributed by atoms with Crippen molar-refractivity contribution in [2.24, 2.45) is 0 Å². The van der Waals surface area contributed by atoms with Crippen LogP contribution in [0.2, 0.25) is 0 Å². The summed E-state index contributed by atoms with van der Waals surface area (Å²) in [6, 6.07) is 21.0. The molecule has 0 spiro atoms. The third kappa shape index (κ3) is 5.17. The van der Waals surface area contributed by atoms with Crippen LogP contribution in [0.3, 0.4) is 0 Å². The molecule has 0 bridgehead atoms. The molecule has 0 N–H and O–H groups in total. The normalized spacial score (nSPS) is 13.0. The van der Waals surface area contributed by atoms with E-state index in [9.17, 15) is 13.2 Å². The van der Waals surface area contributed by atoms with Gasteiger partial charge in [0.15, 0.2) is 16.6 Å². The van der Waals surface area contributed by atoms with Gasteiger partial charge < -0.3 is 9.47 Å². The van der Waals surface area contributed by atoms with Gasteiger partial charge >= 0.3 is 0 Å². The van der Waals surface area contributed by atoms with Crippen molar-refractivity contribution in [2.45, 2.75) is 24.3 Å². The van der Waals surface area contributed by atoms with E-state index < -0.39 is 10.0 Å². The number of methoxy groups -OCH3 is 2. The van der Waals surface area contributed by atoms with E-state index in [1.54, 1.807) is 49.7 Å². The van der Waals surface area contributed by atoms with Crippen LogP contribution in [0.15, 0.2) is 90.1 Å². The molecule has 3 heterocycles. The van der Waals surface area contributed by atoms with Gasteiger partial charge in [-0.25, -0.2) is 13.4 Å². The summed E-state index contributed by atoms with van der Waals surface area (Å²) in [6.07, 6.45) is 4.96. The van der Waals surface area contributed by atoms with E-state index in [1.165, 1.54) is 27.8 Å². The molecule has 0 radical (unpaired) electrons. The zero-order valence-corrected chi connectivity index (χ0v) is 24.7. The number of amides is 1. The van der Waals surface area contributed by atoms with E-state index in [2.05, 4.69) is 4.98 Å². The lowest BCUT2D eigenvalue weighted by Gasteiger charge is -2.30. The van der Waals surface area contributed by atoms with E-state index in [0.29, 0.717) is 39.9 Å². The van der Waals surface area contributed by atoms with E-state index in [0.717, 1.165) is 28.7 Å². The first kappa shape index (κ1) is 27.7. The van der Waals surface area contributed by atoms with Crippen LogP contribution in [0, 0.1) is 0 Å². The lowest BCUT2D eigenvalue weighted by atomic mass is 10.0. The molecule has 0 atom stereocenters.